The van der Waals surface area contributed by atoms with E-state index in [-0.39, 0.29) is 17.4 Å². The second-order valence-electron chi connectivity index (χ2n) is 9.53. The number of hydrogen-bond acceptors (Lipinski definition) is 9. The Balaban J connectivity index is 1.78. The number of hydrogen-bond donors (Lipinski definition) is 1. The zero-order valence-corrected chi connectivity index (χ0v) is 22.4. The average Bonchev–Trinajstić information content (AvgIpc) is 3.44. The molecule has 200 valence electrons. The van der Waals surface area contributed by atoms with Crippen LogP contribution in [0.5, 0.6) is 11.5 Å². The van der Waals surface area contributed by atoms with Gasteiger partial charge in [0.2, 0.25) is 16.0 Å². The molecule has 1 aliphatic rings. The molecule has 1 saturated heterocycles. The first-order valence-electron chi connectivity index (χ1n) is 11.8. The molecule has 0 saturated carbocycles. The summed E-state index contributed by atoms with van der Waals surface area (Å²) in [5.74, 6) is 0.175. The molecule has 1 fully saturated rings. The van der Waals surface area contributed by atoms with Crippen LogP contribution >= 0.6 is 0 Å². The molecular formula is C24H31FN6O5S. The second-order valence-corrected chi connectivity index (χ2v) is 11.6. The highest BCUT2D eigenvalue weighted by atomic mass is 32.2. The summed E-state index contributed by atoms with van der Waals surface area (Å²) < 4.78 is 61.8. The molecule has 13 heteroatoms. The van der Waals surface area contributed by atoms with E-state index in [1.807, 2.05) is 13.8 Å². The fourth-order valence-corrected chi connectivity index (χ4v) is 5.49. The molecule has 2 aromatic heterocycles. The lowest BCUT2D eigenvalue weighted by molar-refractivity contribution is -0.0207. The molecule has 3 atom stereocenters. The third-order valence-electron chi connectivity index (χ3n) is 6.55. The van der Waals surface area contributed by atoms with Crippen molar-refractivity contribution in [1.82, 2.24) is 24.7 Å². The van der Waals surface area contributed by atoms with Crippen LogP contribution in [0.4, 0.5) is 10.3 Å². The van der Waals surface area contributed by atoms with Crippen molar-refractivity contribution < 1.29 is 27.0 Å². The molecule has 37 heavy (non-hydrogen) atoms. The van der Waals surface area contributed by atoms with Gasteiger partial charge in [0.25, 0.3) is 0 Å². The molecule has 0 bridgehead atoms. The number of nitrogens with zero attached hydrogens (tertiary/aromatic N) is 5. The Hall–Kier alpha value is -3.32. The first kappa shape index (κ1) is 26.7. The van der Waals surface area contributed by atoms with Crippen molar-refractivity contribution in [3.63, 3.8) is 0 Å². The first-order chi connectivity index (χ1) is 17.5. The number of halogens is 1. The van der Waals surface area contributed by atoms with Crippen molar-refractivity contribution in [2.24, 2.45) is 0 Å². The van der Waals surface area contributed by atoms with E-state index < -0.39 is 33.1 Å². The van der Waals surface area contributed by atoms with E-state index in [0.717, 1.165) is 18.8 Å². The summed E-state index contributed by atoms with van der Waals surface area (Å²) in [5, 5.41) is 7.54. The van der Waals surface area contributed by atoms with Gasteiger partial charge in [-0.05, 0) is 45.7 Å². The summed E-state index contributed by atoms with van der Waals surface area (Å²) >= 11 is 0. The summed E-state index contributed by atoms with van der Waals surface area (Å²) in [6, 6.07) is 5.22. The van der Waals surface area contributed by atoms with Crippen LogP contribution in [0.25, 0.3) is 5.69 Å². The largest absolute Gasteiger partial charge is 0.494 e. The number of ether oxygens (including phenoxy) is 3. The molecule has 0 amide bonds. The van der Waals surface area contributed by atoms with Crippen molar-refractivity contribution in [3.8, 4) is 17.2 Å². The van der Waals surface area contributed by atoms with Gasteiger partial charge in [0.05, 0.1) is 37.5 Å². The molecule has 1 aromatic carbocycles. The molecule has 0 aliphatic carbocycles. The normalized spacial score (nSPS) is 18.8. The van der Waals surface area contributed by atoms with Gasteiger partial charge in [-0.3, -0.25) is 9.29 Å². The molecule has 11 nitrogen and oxygen atoms in total. The minimum atomic E-state index is -4.04. The van der Waals surface area contributed by atoms with Gasteiger partial charge in [0, 0.05) is 5.92 Å². The zero-order chi connectivity index (χ0) is 27.0. The maximum Gasteiger partial charge on any atom is 0.243 e. The number of methoxy groups -OCH3 is 2. The van der Waals surface area contributed by atoms with Gasteiger partial charge in [-0.1, -0.05) is 13.0 Å². The minimum Gasteiger partial charge on any atom is -0.494 e. The SMILES string of the molecule is COc1cccc(OC)c1-n1c(NS(=O)(=O)C(C)C(C)c2ncc(F)cn2)nnc1[C@H]1CCC(C)(C)O1. The lowest BCUT2D eigenvalue weighted by Gasteiger charge is -2.23. The van der Waals surface area contributed by atoms with Crippen LogP contribution in [-0.4, -0.2) is 58.2 Å². The predicted octanol–water partition coefficient (Wildman–Crippen LogP) is 3.78. The van der Waals surface area contributed by atoms with Crippen LogP contribution in [0, 0.1) is 5.82 Å². The maximum atomic E-state index is 13.5. The summed E-state index contributed by atoms with van der Waals surface area (Å²) in [7, 11) is -1.03. The fourth-order valence-electron chi connectivity index (χ4n) is 4.26. The Labute approximate surface area is 215 Å². The standard InChI is InChI=1S/C24H31FN6O5S/c1-14(21-26-12-16(25)13-27-21)15(2)37(32,33)30-23-29-28-22(19-10-11-24(3,4)36-19)31(23)20-17(34-5)8-7-9-18(20)35-6/h7-9,12-15,19H,10-11H2,1-6H3,(H,29,30)/t14?,15?,19-/m1/s1. The molecule has 2 unspecified atom stereocenters. The van der Waals surface area contributed by atoms with Crippen LogP contribution < -0.4 is 14.2 Å². The van der Waals surface area contributed by atoms with Crippen LogP contribution in [-0.2, 0) is 14.8 Å². The van der Waals surface area contributed by atoms with Crippen LogP contribution in [0.1, 0.15) is 64.2 Å². The van der Waals surface area contributed by atoms with E-state index in [1.54, 1.807) is 29.7 Å². The van der Waals surface area contributed by atoms with Crippen molar-refractivity contribution in [2.45, 2.75) is 63.4 Å². The van der Waals surface area contributed by atoms with Gasteiger partial charge in [-0.15, -0.1) is 10.2 Å². The van der Waals surface area contributed by atoms with E-state index >= 15 is 0 Å². The van der Waals surface area contributed by atoms with E-state index in [2.05, 4.69) is 24.9 Å². The highest BCUT2D eigenvalue weighted by Crippen LogP contribution is 2.42. The molecule has 1 aliphatic heterocycles. The number of para-hydroxylation sites is 1. The van der Waals surface area contributed by atoms with E-state index in [0.29, 0.717) is 29.4 Å². The second kappa shape index (κ2) is 10.2. The van der Waals surface area contributed by atoms with Crippen molar-refractivity contribution >= 4 is 16.0 Å². The van der Waals surface area contributed by atoms with Gasteiger partial charge >= 0.3 is 0 Å². The molecule has 4 rings (SSSR count). The smallest absolute Gasteiger partial charge is 0.243 e. The number of aromatic nitrogens is 5. The quantitative estimate of drug-likeness (QED) is 0.436. The Kier molecular flexibility index (Phi) is 7.38. The van der Waals surface area contributed by atoms with Crippen molar-refractivity contribution in [1.29, 1.82) is 0 Å². The van der Waals surface area contributed by atoms with Crippen LogP contribution in [0.15, 0.2) is 30.6 Å². The van der Waals surface area contributed by atoms with Crippen LogP contribution in [0.2, 0.25) is 0 Å². The molecule has 0 spiro atoms. The lowest BCUT2D eigenvalue weighted by atomic mass is 10.1. The minimum absolute atomic E-state index is 0.0508. The summed E-state index contributed by atoms with van der Waals surface area (Å²) in [4.78, 5) is 7.88. The maximum absolute atomic E-state index is 13.5. The Morgan fingerprint density at radius 1 is 1.14 bits per heavy atom. The third kappa shape index (κ3) is 5.37. The van der Waals surface area contributed by atoms with E-state index in [9.17, 15) is 12.8 Å². The van der Waals surface area contributed by atoms with Gasteiger partial charge in [-0.2, -0.15) is 0 Å². The van der Waals surface area contributed by atoms with E-state index in [4.69, 9.17) is 14.2 Å². The van der Waals surface area contributed by atoms with E-state index in [1.165, 1.54) is 21.1 Å². The number of benzene rings is 1. The number of anilines is 1. The zero-order valence-electron chi connectivity index (χ0n) is 21.6. The van der Waals surface area contributed by atoms with Gasteiger partial charge in [0.1, 0.15) is 29.1 Å². The van der Waals surface area contributed by atoms with Crippen LogP contribution in [0.3, 0.4) is 0 Å². The Bertz CT molecular complexity index is 1340. The summed E-state index contributed by atoms with van der Waals surface area (Å²) in [6.07, 6.45) is 3.04. The highest BCUT2D eigenvalue weighted by Gasteiger charge is 2.38. The third-order valence-corrected chi connectivity index (χ3v) is 8.40. The predicted molar refractivity (Wildman–Crippen MR) is 134 cm³/mol. The Morgan fingerprint density at radius 2 is 1.76 bits per heavy atom. The molecule has 3 aromatic rings. The monoisotopic (exact) mass is 534 g/mol. The van der Waals surface area contributed by atoms with Gasteiger partial charge in [0.15, 0.2) is 11.6 Å². The Morgan fingerprint density at radius 3 is 2.30 bits per heavy atom. The molecule has 3 heterocycles. The number of rotatable bonds is 9. The topological polar surface area (TPSA) is 130 Å². The lowest BCUT2D eigenvalue weighted by Crippen LogP contribution is -2.31. The van der Waals surface area contributed by atoms with Gasteiger partial charge < -0.3 is 14.2 Å². The highest BCUT2D eigenvalue weighted by molar-refractivity contribution is 7.93. The van der Waals surface area contributed by atoms with Crippen molar-refractivity contribution in [3.05, 3.63) is 48.1 Å². The summed E-state index contributed by atoms with van der Waals surface area (Å²) in [6.45, 7) is 7.15. The number of nitrogens with one attached hydrogen (secondary N) is 1. The first-order valence-corrected chi connectivity index (χ1v) is 13.4. The molecule has 0 radical (unpaired) electrons. The average molecular weight is 535 g/mol. The van der Waals surface area contributed by atoms with Gasteiger partial charge in [-0.25, -0.2) is 22.8 Å². The number of sulfonamides is 1. The molecular weight excluding hydrogens is 503 g/mol. The molecule has 1 N–H and O–H groups in total. The fraction of sp³-hybridized carbons (Fsp3) is 0.500. The summed E-state index contributed by atoms with van der Waals surface area (Å²) in [5.41, 5.74) is 0.0616. The van der Waals surface area contributed by atoms with Crippen molar-refractivity contribution in [2.75, 3.05) is 18.9 Å².